The Balaban J connectivity index is 3.15. The molecule has 5 heteroatoms. The van der Waals surface area contributed by atoms with Crippen LogP contribution in [0, 0.1) is 11.3 Å². The van der Waals surface area contributed by atoms with E-state index in [-0.39, 0.29) is 6.61 Å². The van der Waals surface area contributed by atoms with Crippen LogP contribution >= 0.6 is 11.6 Å². The second kappa shape index (κ2) is 6.20. The Morgan fingerprint density at radius 2 is 2.17 bits per heavy atom. The molecule has 0 bridgehead atoms. The molecule has 0 saturated heterocycles. The molecular formula is C13H14ClN3O. The number of aliphatic hydroxyl groups excluding tert-OH is 1. The molecule has 1 rings (SSSR count). The predicted molar refractivity (Wildman–Crippen MR) is 72.9 cm³/mol. The molecule has 0 aromatic heterocycles. The molecule has 0 unspecified atom stereocenters. The maximum atomic E-state index is 9.19. The summed E-state index contributed by atoms with van der Waals surface area (Å²) in [6.07, 6.45) is 0. The normalized spacial score (nSPS) is 12.9. The molecule has 0 aliphatic carbocycles. The molecule has 1 aromatic carbocycles. The lowest BCUT2D eigenvalue weighted by Gasteiger charge is -2.06. The highest BCUT2D eigenvalue weighted by Gasteiger charge is 2.05. The van der Waals surface area contributed by atoms with E-state index in [1.165, 1.54) is 0 Å². The van der Waals surface area contributed by atoms with E-state index >= 15 is 0 Å². The second-order valence-corrected chi connectivity index (χ2v) is 4.20. The minimum atomic E-state index is -0.165. The Morgan fingerprint density at radius 1 is 1.50 bits per heavy atom. The first-order chi connectivity index (χ1) is 8.49. The van der Waals surface area contributed by atoms with Crippen LogP contribution < -0.4 is 5.73 Å². The number of rotatable bonds is 3. The standard InChI is InChI=1S/C13H14ClN3O/c1-8(16)12(7-18)9(2)17-11-4-3-10(6-15)13(14)5-11/h3-5,18H,7,16H2,1-2H3. The zero-order chi connectivity index (χ0) is 13.7. The van der Waals surface area contributed by atoms with Crippen molar-refractivity contribution in [2.24, 2.45) is 10.7 Å². The van der Waals surface area contributed by atoms with E-state index in [4.69, 9.17) is 22.6 Å². The summed E-state index contributed by atoms with van der Waals surface area (Å²) in [5.41, 5.74) is 8.41. The number of nitrogens with two attached hydrogens (primary N) is 1. The first kappa shape index (κ1) is 14.2. The summed E-state index contributed by atoms with van der Waals surface area (Å²) in [5, 5.41) is 18.3. The first-order valence-corrected chi connectivity index (χ1v) is 5.68. The van der Waals surface area contributed by atoms with Crippen molar-refractivity contribution in [3.05, 3.63) is 40.1 Å². The maximum absolute atomic E-state index is 9.19. The average molecular weight is 264 g/mol. The number of allylic oxidation sites excluding steroid dienone is 1. The van der Waals surface area contributed by atoms with E-state index in [1.54, 1.807) is 32.0 Å². The lowest BCUT2D eigenvalue weighted by Crippen LogP contribution is -2.09. The van der Waals surface area contributed by atoms with E-state index in [2.05, 4.69) is 4.99 Å². The van der Waals surface area contributed by atoms with Crippen LogP contribution in [0.5, 0.6) is 0 Å². The average Bonchev–Trinajstić information content (AvgIpc) is 2.29. The zero-order valence-electron chi connectivity index (χ0n) is 10.2. The molecule has 0 fully saturated rings. The van der Waals surface area contributed by atoms with Crippen LogP contribution in [0.1, 0.15) is 19.4 Å². The van der Waals surface area contributed by atoms with Gasteiger partial charge in [0, 0.05) is 17.0 Å². The van der Waals surface area contributed by atoms with Crippen LogP contribution in [0.4, 0.5) is 5.69 Å². The van der Waals surface area contributed by atoms with Gasteiger partial charge in [-0.2, -0.15) is 5.26 Å². The molecule has 0 atom stereocenters. The fraction of sp³-hybridized carbons (Fsp3) is 0.231. The smallest absolute Gasteiger partial charge is 0.101 e. The molecule has 3 N–H and O–H groups in total. The predicted octanol–water partition coefficient (Wildman–Crippen LogP) is 2.53. The number of hydrogen-bond acceptors (Lipinski definition) is 4. The Morgan fingerprint density at radius 3 is 2.61 bits per heavy atom. The third kappa shape index (κ3) is 3.33. The van der Waals surface area contributed by atoms with Gasteiger partial charge in [0.25, 0.3) is 0 Å². The van der Waals surface area contributed by atoms with Gasteiger partial charge in [-0.25, -0.2) is 0 Å². The van der Waals surface area contributed by atoms with Crippen LogP contribution in [0.3, 0.4) is 0 Å². The molecule has 0 aliphatic heterocycles. The van der Waals surface area contributed by atoms with Gasteiger partial charge in [-0.1, -0.05) is 11.6 Å². The van der Waals surface area contributed by atoms with Crippen LogP contribution in [0.25, 0.3) is 0 Å². The number of hydrogen-bond donors (Lipinski definition) is 2. The molecule has 4 nitrogen and oxygen atoms in total. The molecule has 0 spiro atoms. The Bertz CT molecular complexity index is 552. The fourth-order valence-corrected chi connectivity index (χ4v) is 1.67. The lowest BCUT2D eigenvalue weighted by atomic mass is 10.1. The van der Waals surface area contributed by atoms with Gasteiger partial charge in [0.15, 0.2) is 0 Å². The third-order valence-electron chi connectivity index (χ3n) is 2.44. The lowest BCUT2D eigenvalue weighted by molar-refractivity contribution is 0.336. The van der Waals surface area contributed by atoms with Crippen LogP contribution in [-0.2, 0) is 0 Å². The highest BCUT2D eigenvalue weighted by Crippen LogP contribution is 2.23. The number of aliphatic imine (C=N–C) groups is 1. The summed E-state index contributed by atoms with van der Waals surface area (Å²) in [7, 11) is 0. The van der Waals surface area contributed by atoms with Crippen molar-refractivity contribution in [1.82, 2.24) is 0 Å². The maximum Gasteiger partial charge on any atom is 0.101 e. The van der Waals surface area contributed by atoms with Gasteiger partial charge >= 0.3 is 0 Å². The quantitative estimate of drug-likeness (QED) is 0.822. The zero-order valence-corrected chi connectivity index (χ0v) is 11.0. The summed E-state index contributed by atoms with van der Waals surface area (Å²) in [4.78, 5) is 4.31. The monoisotopic (exact) mass is 263 g/mol. The van der Waals surface area contributed by atoms with Gasteiger partial charge < -0.3 is 10.8 Å². The number of nitriles is 1. The van der Waals surface area contributed by atoms with E-state index in [9.17, 15) is 5.11 Å². The summed E-state index contributed by atoms with van der Waals surface area (Å²) in [5.74, 6) is 0. The first-order valence-electron chi connectivity index (χ1n) is 5.31. The fourth-order valence-electron chi connectivity index (χ4n) is 1.45. The van der Waals surface area contributed by atoms with Crippen molar-refractivity contribution in [3.8, 4) is 6.07 Å². The Labute approximate surface area is 111 Å². The van der Waals surface area contributed by atoms with Gasteiger partial charge in [0.05, 0.1) is 22.9 Å². The highest BCUT2D eigenvalue weighted by molar-refractivity contribution is 6.32. The van der Waals surface area contributed by atoms with Crippen molar-refractivity contribution >= 4 is 23.0 Å². The number of halogens is 1. The largest absolute Gasteiger partial charge is 0.402 e. The second-order valence-electron chi connectivity index (χ2n) is 3.79. The number of nitrogens with zero attached hydrogens (tertiary/aromatic N) is 2. The summed E-state index contributed by atoms with van der Waals surface area (Å²) < 4.78 is 0. The summed E-state index contributed by atoms with van der Waals surface area (Å²) in [6.45, 7) is 3.30. The SMILES string of the molecule is CC(=Nc1ccc(C#N)c(Cl)c1)C(CO)=C(C)N. The molecule has 0 aliphatic rings. The van der Waals surface area contributed by atoms with Gasteiger partial charge in [0.1, 0.15) is 6.07 Å². The van der Waals surface area contributed by atoms with E-state index in [0.29, 0.717) is 33.3 Å². The van der Waals surface area contributed by atoms with Gasteiger partial charge in [0.2, 0.25) is 0 Å². The molecule has 0 amide bonds. The van der Waals surface area contributed by atoms with Gasteiger partial charge in [-0.05, 0) is 32.0 Å². The molecule has 0 saturated carbocycles. The van der Waals surface area contributed by atoms with Crippen molar-refractivity contribution < 1.29 is 5.11 Å². The van der Waals surface area contributed by atoms with E-state index in [1.807, 2.05) is 6.07 Å². The van der Waals surface area contributed by atoms with Crippen molar-refractivity contribution in [3.63, 3.8) is 0 Å². The van der Waals surface area contributed by atoms with Crippen molar-refractivity contribution in [2.45, 2.75) is 13.8 Å². The van der Waals surface area contributed by atoms with E-state index < -0.39 is 0 Å². The Kier molecular flexibility index (Phi) is 4.90. The molecule has 18 heavy (non-hydrogen) atoms. The molecule has 94 valence electrons. The number of aliphatic hydroxyl groups is 1. The molecule has 1 aromatic rings. The van der Waals surface area contributed by atoms with Gasteiger partial charge in [-0.15, -0.1) is 0 Å². The van der Waals surface area contributed by atoms with Crippen molar-refractivity contribution in [2.75, 3.05) is 6.61 Å². The van der Waals surface area contributed by atoms with Crippen LogP contribution in [-0.4, -0.2) is 17.4 Å². The topological polar surface area (TPSA) is 82.4 Å². The molecular weight excluding hydrogens is 250 g/mol. The third-order valence-corrected chi connectivity index (χ3v) is 2.75. The minimum Gasteiger partial charge on any atom is -0.402 e. The highest BCUT2D eigenvalue weighted by atomic mass is 35.5. The van der Waals surface area contributed by atoms with Crippen LogP contribution in [0.15, 0.2) is 34.5 Å². The Hall–Kier alpha value is -1.83. The molecule has 0 heterocycles. The van der Waals surface area contributed by atoms with Crippen LogP contribution in [0.2, 0.25) is 5.02 Å². The van der Waals surface area contributed by atoms with Gasteiger partial charge in [-0.3, -0.25) is 4.99 Å². The minimum absolute atomic E-state index is 0.165. The van der Waals surface area contributed by atoms with E-state index in [0.717, 1.165) is 0 Å². The summed E-state index contributed by atoms with van der Waals surface area (Å²) >= 11 is 5.91. The molecule has 0 radical (unpaired) electrons. The van der Waals surface area contributed by atoms with Crippen molar-refractivity contribution in [1.29, 1.82) is 5.26 Å². The summed E-state index contributed by atoms with van der Waals surface area (Å²) in [6, 6.07) is 6.87. The number of benzene rings is 1.